The third-order valence-corrected chi connectivity index (χ3v) is 7.94. The predicted molar refractivity (Wildman–Crippen MR) is 159 cm³/mol. The maximum absolute atomic E-state index is 15.9. The first-order chi connectivity index (χ1) is 19.4. The Kier molecular flexibility index (Phi) is 7.87. The highest BCUT2D eigenvalue weighted by Gasteiger charge is 2.28. The second kappa shape index (κ2) is 11.5. The van der Waals surface area contributed by atoms with Gasteiger partial charge in [-0.25, -0.2) is 4.39 Å². The van der Waals surface area contributed by atoms with E-state index in [-0.39, 0.29) is 19.1 Å². The van der Waals surface area contributed by atoms with Gasteiger partial charge in [0.05, 0.1) is 26.8 Å². The van der Waals surface area contributed by atoms with E-state index < -0.39 is 0 Å². The van der Waals surface area contributed by atoms with Gasteiger partial charge in [0.15, 0.2) is 5.82 Å². The molecule has 40 heavy (non-hydrogen) atoms. The Morgan fingerprint density at radius 1 is 0.925 bits per heavy atom. The molecule has 0 saturated carbocycles. The Balaban J connectivity index is 0.00000387. The van der Waals surface area contributed by atoms with Crippen LogP contribution in [-0.2, 0) is 0 Å². The number of hydrogen-bond acceptors (Lipinski definition) is 5. The summed E-state index contributed by atoms with van der Waals surface area (Å²) in [5, 5.41) is 0.662. The molecule has 2 heterocycles. The molecule has 0 spiro atoms. The van der Waals surface area contributed by atoms with Gasteiger partial charge in [-0.15, -0.1) is 0 Å². The van der Waals surface area contributed by atoms with Gasteiger partial charge in [0.2, 0.25) is 0 Å². The van der Waals surface area contributed by atoms with Crippen LogP contribution in [0.4, 0.5) is 10.1 Å². The quantitative estimate of drug-likeness (QED) is 0.265. The molecule has 1 fully saturated rings. The molecule has 0 aliphatic carbocycles. The molecule has 1 atom stereocenters. The number of piperazine rings is 1. The van der Waals surface area contributed by atoms with E-state index in [1.165, 1.54) is 0 Å². The average Bonchev–Trinajstić information content (AvgIpc) is 3.46. The maximum atomic E-state index is 15.9. The Bertz CT molecular complexity index is 1510. The van der Waals surface area contributed by atoms with Gasteiger partial charge in [-0.2, -0.15) is 0 Å². The molecule has 1 amide bonds. The highest BCUT2D eigenvalue weighted by Crippen LogP contribution is 2.41. The molecule has 0 bridgehead atoms. The van der Waals surface area contributed by atoms with E-state index >= 15 is 4.39 Å². The monoisotopic (exact) mass is 547 g/mol. The Morgan fingerprint density at radius 3 is 2.17 bits per heavy atom. The Labute approximate surface area is 235 Å². The van der Waals surface area contributed by atoms with Crippen LogP contribution in [0.2, 0.25) is 0 Å². The highest BCUT2D eigenvalue weighted by atomic mass is 19.1. The van der Waals surface area contributed by atoms with E-state index in [9.17, 15) is 4.79 Å². The van der Waals surface area contributed by atoms with Crippen LogP contribution in [0.25, 0.3) is 22.0 Å². The molecule has 7 nitrogen and oxygen atoms in total. The summed E-state index contributed by atoms with van der Waals surface area (Å²) in [5.74, 6) is 1.70. The molecule has 1 aliphatic rings. The molecule has 212 valence electrons. The van der Waals surface area contributed by atoms with Gasteiger partial charge in [-0.1, -0.05) is 38.1 Å². The van der Waals surface area contributed by atoms with Crippen molar-refractivity contribution in [1.82, 2.24) is 9.88 Å². The summed E-state index contributed by atoms with van der Waals surface area (Å²) < 4.78 is 32.7. The molecule has 4 aromatic rings. The number of benzene rings is 3. The number of methoxy groups -OCH3 is 3. The molecular formula is C32H38FN3O4. The smallest absolute Gasteiger partial charge is 0.270 e. The van der Waals surface area contributed by atoms with Crippen molar-refractivity contribution in [3.05, 3.63) is 71.7 Å². The summed E-state index contributed by atoms with van der Waals surface area (Å²) in [7, 11) is 4.90. The zero-order valence-electron chi connectivity index (χ0n) is 23.7. The van der Waals surface area contributed by atoms with Gasteiger partial charge in [-0.3, -0.25) is 4.79 Å². The fourth-order valence-corrected chi connectivity index (χ4v) is 5.51. The number of para-hydroxylation sites is 2. The van der Waals surface area contributed by atoms with Crippen molar-refractivity contribution in [2.75, 3.05) is 52.4 Å². The van der Waals surface area contributed by atoms with Crippen molar-refractivity contribution < 1.29 is 24.8 Å². The molecular weight excluding hydrogens is 509 g/mol. The maximum Gasteiger partial charge on any atom is 0.270 e. The van der Waals surface area contributed by atoms with Crippen molar-refractivity contribution >= 4 is 22.5 Å². The lowest BCUT2D eigenvalue weighted by molar-refractivity contribution is 0.0741. The molecule has 1 aromatic heterocycles. The normalized spacial score (nSPS) is 14.3. The molecule has 5 rings (SSSR count). The molecule has 1 saturated heterocycles. The molecule has 0 radical (unpaired) electrons. The third-order valence-electron chi connectivity index (χ3n) is 7.94. The molecule has 3 aromatic carbocycles. The average molecular weight is 548 g/mol. The number of anilines is 1. The van der Waals surface area contributed by atoms with Gasteiger partial charge < -0.3 is 29.0 Å². The van der Waals surface area contributed by atoms with Gasteiger partial charge in [0, 0.05) is 38.6 Å². The summed E-state index contributed by atoms with van der Waals surface area (Å²) in [6, 6.07) is 17.1. The van der Waals surface area contributed by atoms with E-state index in [2.05, 4.69) is 9.88 Å². The number of aromatic amines is 1. The van der Waals surface area contributed by atoms with Gasteiger partial charge in [0.1, 0.15) is 28.6 Å². The number of carbonyl (C=O) groups excluding carboxylic acids is 1. The number of ether oxygens (including phenoxy) is 3. The number of H-pyrrole nitrogens is 1. The van der Waals surface area contributed by atoms with E-state index in [4.69, 9.17) is 14.2 Å². The standard InChI is InChI=1S/C32H36FN3O4.H2/c1-6-20(2)22-18-23(21-10-7-8-11-26(21)38-3)24-19-25(34-30(24)29(22)33)32(37)36-16-14-35(15-17-36)31-27(39-4)12-9-13-28(31)40-5;/h7-13,18-20,34H,6,14-17H2,1-5H3;1H. The third kappa shape index (κ3) is 4.83. The number of halogens is 1. The van der Waals surface area contributed by atoms with E-state index in [0.29, 0.717) is 54.1 Å². The van der Waals surface area contributed by atoms with Crippen LogP contribution in [0, 0.1) is 5.82 Å². The first kappa shape index (κ1) is 27.4. The minimum atomic E-state index is -0.310. The van der Waals surface area contributed by atoms with Crippen LogP contribution >= 0.6 is 0 Å². The number of nitrogens with one attached hydrogen (secondary N) is 1. The highest BCUT2D eigenvalue weighted by molar-refractivity contribution is 6.04. The number of hydrogen-bond donors (Lipinski definition) is 1. The topological polar surface area (TPSA) is 67.0 Å². The number of carbonyl (C=O) groups is 1. The molecule has 1 aliphatic heterocycles. The fourth-order valence-electron chi connectivity index (χ4n) is 5.51. The first-order valence-electron chi connectivity index (χ1n) is 13.6. The Hall–Kier alpha value is -4.20. The van der Waals surface area contributed by atoms with Gasteiger partial charge in [-0.05, 0) is 53.8 Å². The van der Waals surface area contributed by atoms with Crippen LogP contribution < -0.4 is 19.1 Å². The minimum absolute atomic E-state index is 0. The van der Waals surface area contributed by atoms with E-state index in [0.717, 1.165) is 34.7 Å². The second-order valence-corrected chi connectivity index (χ2v) is 10.1. The van der Waals surface area contributed by atoms with Crippen molar-refractivity contribution in [3.63, 3.8) is 0 Å². The lowest BCUT2D eigenvalue weighted by Crippen LogP contribution is -2.49. The molecule has 1 N–H and O–H groups in total. The van der Waals surface area contributed by atoms with E-state index in [1.54, 1.807) is 32.3 Å². The molecule has 1 unspecified atom stereocenters. The SMILES string of the molecule is CCC(C)c1cc(-c2ccccc2OC)c2cc(C(=O)N3CCN(c4c(OC)cccc4OC)CC3)[nH]c2c1F.[HH]. The summed E-state index contributed by atoms with van der Waals surface area (Å²) in [6.07, 6.45) is 0.793. The summed E-state index contributed by atoms with van der Waals surface area (Å²) >= 11 is 0. The summed E-state index contributed by atoms with van der Waals surface area (Å²) in [5.41, 5.74) is 3.92. The first-order valence-corrected chi connectivity index (χ1v) is 13.6. The van der Waals surface area contributed by atoms with Gasteiger partial charge >= 0.3 is 0 Å². The number of nitrogens with zero attached hydrogens (tertiary/aromatic N) is 2. The lowest BCUT2D eigenvalue weighted by atomic mass is 9.91. The minimum Gasteiger partial charge on any atom is -0.496 e. The predicted octanol–water partition coefficient (Wildman–Crippen LogP) is 6.72. The Morgan fingerprint density at radius 2 is 1.55 bits per heavy atom. The zero-order chi connectivity index (χ0) is 28.4. The number of rotatable bonds is 8. The molecule has 8 heteroatoms. The van der Waals surface area contributed by atoms with Crippen LogP contribution in [0.15, 0.2) is 54.6 Å². The number of amides is 1. The van der Waals surface area contributed by atoms with Crippen LogP contribution in [-0.4, -0.2) is 63.3 Å². The summed E-state index contributed by atoms with van der Waals surface area (Å²) in [4.78, 5) is 20.8. The van der Waals surface area contributed by atoms with Crippen molar-refractivity contribution in [2.45, 2.75) is 26.2 Å². The van der Waals surface area contributed by atoms with Crippen molar-refractivity contribution in [1.29, 1.82) is 0 Å². The van der Waals surface area contributed by atoms with Crippen LogP contribution in [0.1, 0.15) is 43.7 Å². The second-order valence-electron chi connectivity index (χ2n) is 10.1. The van der Waals surface area contributed by atoms with Crippen molar-refractivity contribution in [2.24, 2.45) is 0 Å². The summed E-state index contributed by atoms with van der Waals surface area (Å²) in [6.45, 7) is 6.30. The van der Waals surface area contributed by atoms with Crippen LogP contribution in [0.3, 0.4) is 0 Å². The van der Waals surface area contributed by atoms with Crippen molar-refractivity contribution in [3.8, 4) is 28.4 Å². The number of fused-ring (bicyclic) bond motifs is 1. The van der Waals surface area contributed by atoms with E-state index in [1.807, 2.05) is 62.4 Å². The van der Waals surface area contributed by atoms with Gasteiger partial charge in [0.25, 0.3) is 5.91 Å². The fraction of sp³-hybridized carbons (Fsp3) is 0.344. The zero-order valence-corrected chi connectivity index (χ0v) is 23.7. The van der Waals surface area contributed by atoms with Crippen LogP contribution in [0.5, 0.6) is 17.2 Å². The number of aromatic nitrogens is 1. The largest absolute Gasteiger partial charge is 0.496 e. The lowest BCUT2D eigenvalue weighted by Gasteiger charge is -2.37.